The third-order valence-electron chi connectivity index (χ3n) is 5.82. The van der Waals surface area contributed by atoms with Crippen LogP contribution in [0.1, 0.15) is 32.5 Å². The molecule has 3 N–H and O–H groups in total. The molecule has 5 atom stereocenters. The molecule has 0 saturated carbocycles. The number of aromatic nitrogens is 2. The third kappa shape index (κ3) is 3.81. The zero-order valence-corrected chi connectivity index (χ0v) is 17.9. The van der Waals surface area contributed by atoms with Crippen LogP contribution in [0.4, 0.5) is 4.39 Å². The highest BCUT2D eigenvalue weighted by molar-refractivity contribution is 6.05. The monoisotopic (exact) mass is 468 g/mol. The lowest BCUT2D eigenvalue weighted by molar-refractivity contribution is -0.0919. The second kappa shape index (κ2) is 8.90. The van der Waals surface area contributed by atoms with Crippen LogP contribution in [-0.2, 0) is 4.74 Å². The summed E-state index contributed by atoms with van der Waals surface area (Å²) in [7, 11) is 0. The predicted molar refractivity (Wildman–Crippen MR) is 117 cm³/mol. The van der Waals surface area contributed by atoms with Crippen LogP contribution in [0.25, 0.3) is 0 Å². The van der Waals surface area contributed by atoms with E-state index in [9.17, 15) is 29.4 Å². The number of halogens is 1. The highest BCUT2D eigenvalue weighted by atomic mass is 19.1. The normalized spacial score (nSPS) is 25.1. The second-order valence-corrected chi connectivity index (χ2v) is 8.02. The van der Waals surface area contributed by atoms with Crippen molar-refractivity contribution in [1.82, 2.24) is 9.55 Å². The first-order chi connectivity index (χ1) is 16.2. The van der Waals surface area contributed by atoms with E-state index >= 15 is 4.39 Å². The number of Topliss-reactive ketones (excluding diaryl/α,β-unsaturated/α-hetero) is 2. The van der Waals surface area contributed by atoms with Gasteiger partial charge in [0.25, 0.3) is 5.56 Å². The number of carbonyl (C=O) groups excluding carboxylic acids is 2. The van der Waals surface area contributed by atoms with Crippen LogP contribution in [0, 0.1) is 6.92 Å². The van der Waals surface area contributed by atoms with Gasteiger partial charge in [0.1, 0.15) is 12.2 Å². The first kappa shape index (κ1) is 23.4. The van der Waals surface area contributed by atoms with Gasteiger partial charge in [0.15, 0.2) is 29.6 Å². The van der Waals surface area contributed by atoms with Crippen LogP contribution in [0.15, 0.2) is 76.4 Å². The molecule has 2 aromatic carbocycles. The first-order valence-corrected chi connectivity index (χ1v) is 10.4. The van der Waals surface area contributed by atoms with E-state index < -0.39 is 53.0 Å². The van der Waals surface area contributed by atoms with E-state index in [1.807, 2.05) is 4.98 Å². The third-order valence-corrected chi connectivity index (χ3v) is 5.82. The maximum atomic E-state index is 15.9. The van der Waals surface area contributed by atoms with Crippen LogP contribution in [-0.4, -0.2) is 55.3 Å². The summed E-state index contributed by atoms with van der Waals surface area (Å²) in [5.41, 5.74) is -4.80. The molecule has 1 saturated heterocycles. The van der Waals surface area contributed by atoms with Gasteiger partial charge in [-0.1, -0.05) is 60.7 Å². The summed E-state index contributed by atoms with van der Waals surface area (Å²) in [5, 5.41) is 22.3. The summed E-state index contributed by atoms with van der Waals surface area (Å²) in [6.45, 7) is 1.36. The maximum Gasteiger partial charge on any atom is 0.330 e. The van der Waals surface area contributed by atoms with Crippen LogP contribution >= 0.6 is 0 Å². The van der Waals surface area contributed by atoms with Gasteiger partial charge in [-0.3, -0.25) is 23.9 Å². The molecule has 0 aliphatic carbocycles. The Labute approximate surface area is 192 Å². The topological polar surface area (TPSA) is 139 Å². The summed E-state index contributed by atoms with van der Waals surface area (Å²) < 4.78 is 22.1. The average molecular weight is 468 g/mol. The van der Waals surface area contributed by atoms with E-state index in [4.69, 9.17) is 4.74 Å². The summed E-state index contributed by atoms with van der Waals surface area (Å²) in [6.07, 6.45) is -7.69. The maximum absolute atomic E-state index is 15.9. The molecule has 2 heterocycles. The number of hydrogen-bond donors (Lipinski definition) is 3. The summed E-state index contributed by atoms with van der Waals surface area (Å²) in [6, 6.07) is 14.8. The lowest BCUT2D eigenvalue weighted by atomic mass is 9.81. The van der Waals surface area contributed by atoms with Crippen LogP contribution < -0.4 is 11.2 Å². The second-order valence-electron chi connectivity index (χ2n) is 8.02. The molecule has 9 nitrogen and oxygen atoms in total. The highest BCUT2D eigenvalue weighted by Gasteiger charge is 2.65. The molecule has 0 amide bonds. The number of alkyl halides is 1. The number of ketones is 2. The Morgan fingerprint density at radius 3 is 2.21 bits per heavy atom. The van der Waals surface area contributed by atoms with Crippen molar-refractivity contribution >= 4 is 11.6 Å². The molecule has 3 aromatic rings. The number of H-pyrrole nitrogens is 1. The Kier molecular flexibility index (Phi) is 6.13. The van der Waals surface area contributed by atoms with E-state index in [2.05, 4.69) is 0 Å². The molecule has 0 spiro atoms. The Morgan fingerprint density at radius 2 is 1.62 bits per heavy atom. The fourth-order valence-electron chi connectivity index (χ4n) is 3.98. The molecule has 1 aliphatic rings. The van der Waals surface area contributed by atoms with E-state index in [0.29, 0.717) is 4.57 Å². The Hall–Kier alpha value is -3.73. The van der Waals surface area contributed by atoms with Crippen molar-refractivity contribution in [2.45, 2.75) is 37.1 Å². The molecule has 1 fully saturated rings. The number of nitrogens with one attached hydrogen (secondary N) is 1. The number of carbonyl (C=O) groups is 2. The van der Waals surface area contributed by atoms with Gasteiger partial charge >= 0.3 is 5.69 Å². The molecule has 1 unspecified atom stereocenters. The lowest BCUT2D eigenvalue weighted by Gasteiger charge is -2.30. The van der Waals surface area contributed by atoms with Crippen LogP contribution in [0.3, 0.4) is 0 Å². The molecule has 176 valence electrons. The van der Waals surface area contributed by atoms with Gasteiger partial charge in [0.05, 0.1) is 0 Å². The number of ether oxygens (including phenoxy) is 1. The quantitative estimate of drug-likeness (QED) is 0.458. The molecular weight excluding hydrogens is 447 g/mol. The van der Waals surface area contributed by atoms with Crippen molar-refractivity contribution in [1.29, 1.82) is 0 Å². The smallest absolute Gasteiger partial charge is 0.330 e. The highest BCUT2D eigenvalue weighted by Crippen LogP contribution is 2.43. The molecule has 10 heteroatoms. The molecule has 0 radical (unpaired) electrons. The molecule has 0 bridgehead atoms. The number of aryl methyl sites for hydroxylation is 1. The largest absolute Gasteiger partial charge is 0.382 e. The number of benzene rings is 2. The van der Waals surface area contributed by atoms with Gasteiger partial charge in [0, 0.05) is 22.9 Å². The fourth-order valence-corrected chi connectivity index (χ4v) is 3.98. The van der Waals surface area contributed by atoms with E-state index in [1.54, 1.807) is 24.3 Å². The number of hydrogen-bond acceptors (Lipinski definition) is 7. The number of aromatic amines is 1. The van der Waals surface area contributed by atoms with Crippen molar-refractivity contribution in [2.75, 3.05) is 0 Å². The number of aliphatic hydroxyl groups excluding tert-OH is 1. The van der Waals surface area contributed by atoms with Crippen molar-refractivity contribution in [3.63, 3.8) is 0 Å². The predicted octanol–water partition coefficient (Wildman–Crippen LogP) is 0.938. The first-order valence-electron chi connectivity index (χ1n) is 10.4. The lowest BCUT2D eigenvalue weighted by Crippen LogP contribution is -2.58. The van der Waals surface area contributed by atoms with Gasteiger partial charge in [-0.2, -0.15) is 0 Å². The summed E-state index contributed by atoms with van der Waals surface area (Å²) in [4.78, 5) is 52.3. The van der Waals surface area contributed by atoms with Crippen LogP contribution in [0.5, 0.6) is 0 Å². The van der Waals surface area contributed by atoms with Crippen molar-refractivity contribution in [3.05, 3.63) is 104 Å². The van der Waals surface area contributed by atoms with E-state index in [-0.39, 0.29) is 16.7 Å². The number of nitrogens with zero attached hydrogens (tertiary/aromatic N) is 1. The Morgan fingerprint density at radius 1 is 1.06 bits per heavy atom. The van der Waals surface area contributed by atoms with Gasteiger partial charge in [-0.05, 0) is 6.92 Å². The number of aliphatic hydroxyl groups is 2. The van der Waals surface area contributed by atoms with Crippen molar-refractivity contribution in [3.8, 4) is 0 Å². The minimum Gasteiger partial charge on any atom is -0.382 e. The van der Waals surface area contributed by atoms with Crippen molar-refractivity contribution in [2.24, 2.45) is 0 Å². The van der Waals surface area contributed by atoms with Gasteiger partial charge < -0.3 is 14.9 Å². The minimum absolute atomic E-state index is 0.0395. The van der Waals surface area contributed by atoms with E-state index in [1.165, 1.54) is 43.3 Å². The van der Waals surface area contributed by atoms with Crippen molar-refractivity contribution < 1.29 is 28.9 Å². The van der Waals surface area contributed by atoms with Crippen LogP contribution in [0.2, 0.25) is 0 Å². The van der Waals surface area contributed by atoms with Gasteiger partial charge in [0.2, 0.25) is 0 Å². The molecule has 1 aromatic heterocycles. The Balaban J connectivity index is 1.82. The molecule has 4 rings (SSSR count). The van der Waals surface area contributed by atoms with Gasteiger partial charge in [-0.25, -0.2) is 9.18 Å². The average Bonchev–Trinajstić information content (AvgIpc) is 3.12. The zero-order chi connectivity index (χ0) is 24.6. The zero-order valence-electron chi connectivity index (χ0n) is 17.9. The standard InChI is InChI=1S/C24H21FN2O7/c1-13-12-27(23(32)26-21(13)31)22-18(25)24(33,19(30)15-10-6-3-7-11-15)20(34-22)17(29)16(28)14-8-4-2-5-9-14/h2-12,17-18,20,22,29,33H,1H3,(H,26,31,32)/t17?,18-,20+,22+,24+/m0/s1. The Bertz CT molecular complexity index is 1340. The SMILES string of the molecule is Cc1cn([C@@H]2O[C@H](C(O)C(=O)c3ccccc3)[C@](O)(C(=O)c3ccccc3)[C@H]2F)c(=O)[nH]c1=O. The minimum atomic E-state index is -3.03. The number of rotatable bonds is 6. The molecule has 34 heavy (non-hydrogen) atoms. The summed E-state index contributed by atoms with van der Waals surface area (Å²) >= 11 is 0. The van der Waals surface area contributed by atoms with E-state index in [0.717, 1.165) is 6.20 Å². The molecule has 1 aliphatic heterocycles. The molecular formula is C24H21FN2O7. The summed E-state index contributed by atoms with van der Waals surface area (Å²) in [5.74, 6) is -2.05. The fraction of sp³-hybridized carbons (Fsp3) is 0.250. The van der Waals surface area contributed by atoms with Gasteiger partial charge in [-0.15, -0.1) is 0 Å².